The molecule has 2 nitrogen and oxygen atoms in total. The monoisotopic (exact) mass is 312 g/mol. The molecule has 4 heteroatoms. The van der Waals surface area contributed by atoms with Gasteiger partial charge in [0.25, 0.3) is 0 Å². The Morgan fingerprint density at radius 1 is 1.45 bits per heavy atom. The van der Waals surface area contributed by atoms with Crippen LogP contribution in [0.3, 0.4) is 0 Å². The minimum absolute atomic E-state index is 0.229. The van der Waals surface area contributed by atoms with E-state index in [-0.39, 0.29) is 6.04 Å². The number of benzene rings is 1. The molecule has 1 heterocycles. The van der Waals surface area contributed by atoms with Gasteiger partial charge in [-0.25, -0.2) is 0 Å². The van der Waals surface area contributed by atoms with E-state index in [2.05, 4.69) is 48.7 Å². The fourth-order valence-corrected chi connectivity index (χ4v) is 4.07. The molecule has 0 aromatic heterocycles. The van der Waals surface area contributed by atoms with Crippen molar-refractivity contribution in [2.75, 3.05) is 23.7 Å². The van der Waals surface area contributed by atoms with Crippen molar-refractivity contribution < 1.29 is 0 Å². The summed E-state index contributed by atoms with van der Waals surface area (Å²) in [5, 5.41) is 1.60. The maximum atomic E-state index is 6.49. The van der Waals surface area contributed by atoms with Crippen LogP contribution in [0.5, 0.6) is 0 Å². The number of anilines is 1. The van der Waals surface area contributed by atoms with Crippen LogP contribution in [0.15, 0.2) is 18.2 Å². The van der Waals surface area contributed by atoms with Crippen LogP contribution >= 0.6 is 23.4 Å². The first kappa shape index (κ1) is 16.0. The predicted molar refractivity (Wildman–Crippen MR) is 92.2 cm³/mol. The predicted octanol–water partition coefficient (Wildman–Crippen LogP) is 3.95. The van der Waals surface area contributed by atoms with Gasteiger partial charge < -0.3 is 10.6 Å². The Kier molecular flexibility index (Phi) is 6.06. The van der Waals surface area contributed by atoms with Crippen LogP contribution in [0.2, 0.25) is 5.02 Å². The summed E-state index contributed by atoms with van der Waals surface area (Å²) < 4.78 is 0. The molecule has 1 aliphatic rings. The minimum atomic E-state index is 0.229. The quantitative estimate of drug-likeness (QED) is 0.892. The lowest BCUT2D eigenvalue weighted by Crippen LogP contribution is -2.37. The average molecular weight is 313 g/mol. The lowest BCUT2D eigenvalue weighted by atomic mass is 10.0. The van der Waals surface area contributed by atoms with Gasteiger partial charge in [0.15, 0.2) is 0 Å². The summed E-state index contributed by atoms with van der Waals surface area (Å²) in [5.41, 5.74) is 8.44. The van der Waals surface area contributed by atoms with Gasteiger partial charge in [0.05, 0.1) is 10.7 Å². The van der Waals surface area contributed by atoms with E-state index in [4.69, 9.17) is 17.3 Å². The molecule has 2 N–H and O–H groups in total. The molecule has 1 saturated heterocycles. The van der Waals surface area contributed by atoms with E-state index in [1.54, 1.807) is 0 Å². The molecule has 1 aliphatic heterocycles. The molecule has 2 atom stereocenters. The van der Waals surface area contributed by atoms with E-state index in [0.717, 1.165) is 36.2 Å². The molecule has 0 bridgehead atoms. The molecule has 0 radical (unpaired) electrons. The largest absolute Gasteiger partial charge is 0.368 e. The van der Waals surface area contributed by atoms with E-state index in [0.29, 0.717) is 0 Å². The Hall–Kier alpha value is -0.380. The SMILES string of the molecule is CCC(N)Cc1ccc(N2CCSC(CC)C2)c(Cl)c1. The summed E-state index contributed by atoms with van der Waals surface area (Å²) >= 11 is 8.57. The van der Waals surface area contributed by atoms with Gasteiger partial charge >= 0.3 is 0 Å². The van der Waals surface area contributed by atoms with Gasteiger partial charge in [-0.15, -0.1) is 0 Å². The summed E-state index contributed by atoms with van der Waals surface area (Å²) in [6, 6.07) is 6.67. The highest BCUT2D eigenvalue weighted by atomic mass is 35.5. The molecule has 1 aromatic rings. The molecular weight excluding hydrogens is 288 g/mol. The number of hydrogen-bond donors (Lipinski definition) is 1. The van der Waals surface area contributed by atoms with Crippen LogP contribution in [0, 0.1) is 0 Å². The molecule has 1 fully saturated rings. The van der Waals surface area contributed by atoms with Gasteiger partial charge in [-0.3, -0.25) is 0 Å². The van der Waals surface area contributed by atoms with Crippen molar-refractivity contribution in [2.24, 2.45) is 5.73 Å². The molecule has 0 spiro atoms. The molecule has 20 heavy (non-hydrogen) atoms. The third kappa shape index (κ3) is 4.06. The number of nitrogens with zero attached hydrogens (tertiary/aromatic N) is 1. The van der Waals surface area contributed by atoms with E-state index >= 15 is 0 Å². The zero-order valence-corrected chi connectivity index (χ0v) is 14.0. The standard InChI is InChI=1S/C16H25ClN2S/c1-3-13(18)9-12-5-6-16(15(17)10-12)19-7-8-20-14(4-2)11-19/h5-6,10,13-14H,3-4,7-9,11,18H2,1-2H3. The smallest absolute Gasteiger partial charge is 0.0642 e. The second-order valence-electron chi connectivity index (χ2n) is 5.51. The van der Waals surface area contributed by atoms with Crippen molar-refractivity contribution in [1.29, 1.82) is 0 Å². The van der Waals surface area contributed by atoms with Gasteiger partial charge in [0, 0.05) is 30.1 Å². The van der Waals surface area contributed by atoms with Crippen molar-refractivity contribution in [3.63, 3.8) is 0 Å². The Balaban J connectivity index is 2.09. The van der Waals surface area contributed by atoms with E-state index in [1.165, 1.54) is 23.4 Å². The Bertz CT molecular complexity index is 438. The van der Waals surface area contributed by atoms with Crippen LogP contribution in [0.25, 0.3) is 0 Å². The molecule has 1 aromatic carbocycles. The van der Waals surface area contributed by atoms with Crippen LogP contribution in [-0.4, -0.2) is 30.1 Å². The molecule has 2 rings (SSSR count). The zero-order chi connectivity index (χ0) is 14.5. The summed E-state index contributed by atoms with van der Waals surface area (Å²) in [4.78, 5) is 2.43. The van der Waals surface area contributed by atoms with Crippen LogP contribution in [-0.2, 0) is 6.42 Å². The lowest BCUT2D eigenvalue weighted by Gasteiger charge is -2.34. The Labute approximate surface area is 132 Å². The Morgan fingerprint density at radius 2 is 2.25 bits per heavy atom. The highest BCUT2D eigenvalue weighted by Crippen LogP contribution is 2.31. The van der Waals surface area contributed by atoms with E-state index in [1.807, 2.05) is 0 Å². The van der Waals surface area contributed by atoms with Crippen molar-refractivity contribution in [1.82, 2.24) is 0 Å². The Morgan fingerprint density at radius 3 is 2.90 bits per heavy atom. The number of rotatable bonds is 5. The number of nitrogens with two attached hydrogens (primary N) is 1. The van der Waals surface area contributed by atoms with Crippen LogP contribution in [0.1, 0.15) is 32.3 Å². The topological polar surface area (TPSA) is 29.3 Å². The molecule has 0 aliphatic carbocycles. The first-order chi connectivity index (χ1) is 9.63. The number of hydrogen-bond acceptors (Lipinski definition) is 3. The van der Waals surface area contributed by atoms with Gasteiger partial charge in [-0.2, -0.15) is 11.8 Å². The summed E-state index contributed by atoms with van der Waals surface area (Å²) in [6.45, 7) is 6.58. The fraction of sp³-hybridized carbons (Fsp3) is 0.625. The highest BCUT2D eigenvalue weighted by Gasteiger charge is 2.20. The minimum Gasteiger partial charge on any atom is -0.368 e. The molecular formula is C16H25ClN2S. The molecule has 0 amide bonds. The van der Waals surface area contributed by atoms with Gasteiger partial charge in [-0.05, 0) is 37.0 Å². The van der Waals surface area contributed by atoms with Crippen molar-refractivity contribution in [3.8, 4) is 0 Å². The first-order valence-corrected chi connectivity index (χ1v) is 8.97. The average Bonchev–Trinajstić information content (AvgIpc) is 2.47. The van der Waals surface area contributed by atoms with Crippen LogP contribution < -0.4 is 10.6 Å². The normalized spacial score (nSPS) is 21.0. The fourth-order valence-electron chi connectivity index (χ4n) is 2.57. The first-order valence-electron chi connectivity index (χ1n) is 7.54. The number of thioether (sulfide) groups is 1. The molecule has 2 unspecified atom stereocenters. The van der Waals surface area contributed by atoms with Crippen molar-refractivity contribution in [3.05, 3.63) is 28.8 Å². The van der Waals surface area contributed by atoms with Gasteiger partial charge in [0.1, 0.15) is 0 Å². The second-order valence-corrected chi connectivity index (χ2v) is 7.32. The lowest BCUT2D eigenvalue weighted by molar-refractivity contribution is 0.646. The maximum absolute atomic E-state index is 6.49. The molecule has 0 saturated carbocycles. The second kappa shape index (κ2) is 7.58. The summed E-state index contributed by atoms with van der Waals surface area (Å²) in [6.07, 6.45) is 3.13. The van der Waals surface area contributed by atoms with Crippen LogP contribution in [0.4, 0.5) is 5.69 Å². The summed E-state index contributed by atoms with van der Waals surface area (Å²) in [7, 11) is 0. The van der Waals surface area contributed by atoms with E-state index < -0.39 is 0 Å². The zero-order valence-electron chi connectivity index (χ0n) is 12.4. The van der Waals surface area contributed by atoms with E-state index in [9.17, 15) is 0 Å². The molecule has 112 valence electrons. The number of halogens is 1. The third-order valence-electron chi connectivity index (χ3n) is 3.97. The maximum Gasteiger partial charge on any atom is 0.0642 e. The van der Waals surface area contributed by atoms with Crippen molar-refractivity contribution in [2.45, 2.75) is 44.4 Å². The summed E-state index contributed by atoms with van der Waals surface area (Å²) in [5.74, 6) is 1.19. The van der Waals surface area contributed by atoms with Crippen molar-refractivity contribution >= 4 is 29.1 Å². The van der Waals surface area contributed by atoms with Gasteiger partial charge in [-0.1, -0.05) is 31.5 Å². The third-order valence-corrected chi connectivity index (χ3v) is 5.64. The highest BCUT2D eigenvalue weighted by molar-refractivity contribution is 8.00. The van der Waals surface area contributed by atoms with Gasteiger partial charge in [0.2, 0.25) is 0 Å².